The average molecular weight is 384 g/mol. The molecule has 0 aromatic heterocycles. The van der Waals surface area contributed by atoms with Crippen LogP contribution in [0, 0.1) is 18.8 Å². The monoisotopic (exact) mass is 384 g/mol. The van der Waals surface area contributed by atoms with Gasteiger partial charge < -0.3 is 10.1 Å². The summed E-state index contributed by atoms with van der Waals surface area (Å²) in [4.78, 5) is 50.3. The molecule has 2 aliphatic rings. The quantitative estimate of drug-likeness (QED) is 0.456. The van der Waals surface area contributed by atoms with Crippen LogP contribution in [0.5, 0.6) is 0 Å². The van der Waals surface area contributed by atoms with Crippen LogP contribution in [0.4, 0.5) is 0 Å². The fourth-order valence-corrected chi connectivity index (χ4v) is 3.62. The number of hydrogen-bond acceptors (Lipinski definition) is 5. The number of esters is 1. The van der Waals surface area contributed by atoms with E-state index in [9.17, 15) is 19.2 Å². The molecule has 1 aromatic carbocycles. The van der Waals surface area contributed by atoms with E-state index >= 15 is 0 Å². The van der Waals surface area contributed by atoms with E-state index in [1.54, 1.807) is 0 Å². The zero-order valence-corrected chi connectivity index (χ0v) is 16.0. The second-order valence-corrected chi connectivity index (χ2v) is 7.19. The molecule has 0 bridgehead atoms. The van der Waals surface area contributed by atoms with Gasteiger partial charge in [0.25, 0.3) is 5.91 Å². The van der Waals surface area contributed by atoms with Gasteiger partial charge in [-0.05, 0) is 37.8 Å². The van der Waals surface area contributed by atoms with Gasteiger partial charge in [0, 0.05) is 6.54 Å². The Labute approximate surface area is 163 Å². The smallest absolute Gasteiger partial charge is 0.329 e. The standard InChI is InChI=1S/C21H24N2O5/c1-13-7-3-4-8-15(13)11-22-18(24)12-28-21(27)14(2)23-19(25)16-9-5-6-10-17(16)20(23)26/h3-8,14,16-17H,9-12H2,1-2H3,(H,22,24)/t14-,16-,17-/m0/s1. The molecule has 0 unspecified atom stereocenters. The summed E-state index contributed by atoms with van der Waals surface area (Å²) in [5, 5.41) is 2.69. The predicted molar refractivity (Wildman–Crippen MR) is 101 cm³/mol. The lowest BCUT2D eigenvalue weighted by molar-refractivity contribution is -0.159. The Hall–Kier alpha value is -2.96. The summed E-state index contributed by atoms with van der Waals surface area (Å²) < 4.78 is 5.03. The number of allylic oxidation sites excluding steroid dienone is 2. The molecule has 3 rings (SSSR count). The van der Waals surface area contributed by atoms with Crippen molar-refractivity contribution in [2.24, 2.45) is 11.8 Å². The third-order valence-corrected chi connectivity index (χ3v) is 5.35. The number of rotatable bonds is 6. The van der Waals surface area contributed by atoms with E-state index in [0.717, 1.165) is 16.0 Å². The van der Waals surface area contributed by atoms with Gasteiger partial charge in [-0.3, -0.25) is 19.3 Å². The van der Waals surface area contributed by atoms with Crippen LogP contribution in [-0.4, -0.2) is 41.2 Å². The maximum Gasteiger partial charge on any atom is 0.329 e. The van der Waals surface area contributed by atoms with Gasteiger partial charge >= 0.3 is 5.97 Å². The molecular formula is C21H24N2O5. The van der Waals surface area contributed by atoms with Crippen molar-refractivity contribution in [3.05, 3.63) is 47.5 Å². The van der Waals surface area contributed by atoms with Crippen molar-refractivity contribution in [3.63, 3.8) is 0 Å². The van der Waals surface area contributed by atoms with E-state index in [4.69, 9.17) is 4.74 Å². The SMILES string of the molecule is Cc1ccccc1CNC(=O)COC(=O)[C@H](C)N1C(=O)[C@H]2CC=CC[C@@H]2C1=O. The fourth-order valence-electron chi connectivity index (χ4n) is 3.62. The molecule has 3 amide bonds. The van der Waals surface area contributed by atoms with Crippen LogP contribution >= 0.6 is 0 Å². The number of aryl methyl sites for hydroxylation is 1. The van der Waals surface area contributed by atoms with Gasteiger partial charge in [-0.15, -0.1) is 0 Å². The third kappa shape index (κ3) is 3.98. The van der Waals surface area contributed by atoms with Gasteiger partial charge in [0.1, 0.15) is 6.04 Å². The van der Waals surface area contributed by atoms with Crippen LogP contribution in [0.3, 0.4) is 0 Å². The van der Waals surface area contributed by atoms with Gasteiger partial charge in [-0.1, -0.05) is 36.4 Å². The first-order valence-electron chi connectivity index (χ1n) is 9.40. The number of likely N-dealkylation sites (tertiary alicyclic amines) is 1. The molecule has 7 nitrogen and oxygen atoms in total. The van der Waals surface area contributed by atoms with E-state index in [0.29, 0.717) is 19.4 Å². The number of fused-ring (bicyclic) bond motifs is 1. The number of nitrogens with zero attached hydrogens (tertiary/aromatic N) is 1. The molecule has 1 aromatic rings. The summed E-state index contributed by atoms with van der Waals surface area (Å²) in [6.45, 7) is 3.27. The molecule has 1 saturated heterocycles. The minimum atomic E-state index is -1.05. The van der Waals surface area contributed by atoms with Crippen molar-refractivity contribution in [3.8, 4) is 0 Å². The molecule has 1 N–H and O–H groups in total. The van der Waals surface area contributed by atoms with E-state index in [2.05, 4.69) is 5.32 Å². The Kier molecular flexibility index (Phi) is 5.92. The second kappa shape index (κ2) is 8.37. The molecule has 0 saturated carbocycles. The number of imide groups is 1. The van der Waals surface area contributed by atoms with Crippen molar-refractivity contribution in [2.75, 3.05) is 6.61 Å². The summed E-state index contributed by atoms with van der Waals surface area (Å²) in [7, 11) is 0. The lowest BCUT2D eigenvalue weighted by Crippen LogP contribution is -2.45. The number of nitrogens with one attached hydrogen (secondary N) is 1. The largest absolute Gasteiger partial charge is 0.454 e. The first kappa shape index (κ1) is 19.8. The molecule has 1 aliphatic carbocycles. The zero-order valence-electron chi connectivity index (χ0n) is 16.0. The van der Waals surface area contributed by atoms with Crippen LogP contribution < -0.4 is 5.32 Å². The number of carbonyl (C=O) groups excluding carboxylic acids is 4. The molecule has 28 heavy (non-hydrogen) atoms. The van der Waals surface area contributed by atoms with E-state index in [1.165, 1.54) is 6.92 Å². The maximum atomic E-state index is 12.5. The Balaban J connectivity index is 1.50. The summed E-state index contributed by atoms with van der Waals surface area (Å²) in [5.74, 6) is -2.68. The first-order chi connectivity index (χ1) is 13.4. The lowest BCUT2D eigenvalue weighted by atomic mass is 9.85. The number of benzene rings is 1. The van der Waals surface area contributed by atoms with Crippen LogP contribution in [-0.2, 0) is 30.5 Å². The van der Waals surface area contributed by atoms with Gasteiger partial charge in [0.05, 0.1) is 11.8 Å². The Bertz CT molecular complexity index is 806. The minimum absolute atomic E-state index is 0.331. The molecule has 0 radical (unpaired) electrons. The molecule has 148 valence electrons. The van der Waals surface area contributed by atoms with E-state index in [-0.39, 0.29) is 11.8 Å². The highest BCUT2D eigenvalue weighted by Crippen LogP contribution is 2.36. The average Bonchev–Trinajstić information content (AvgIpc) is 2.95. The summed E-state index contributed by atoms with van der Waals surface area (Å²) in [5.41, 5.74) is 2.02. The molecule has 1 aliphatic heterocycles. The summed E-state index contributed by atoms with van der Waals surface area (Å²) >= 11 is 0. The molecule has 7 heteroatoms. The molecule has 1 heterocycles. The van der Waals surface area contributed by atoms with Crippen molar-refractivity contribution in [2.45, 2.75) is 39.3 Å². The minimum Gasteiger partial charge on any atom is -0.454 e. The number of hydrogen-bond donors (Lipinski definition) is 1. The first-order valence-corrected chi connectivity index (χ1v) is 9.40. The zero-order chi connectivity index (χ0) is 20.3. The van der Waals surface area contributed by atoms with E-state index < -0.39 is 36.4 Å². The maximum absolute atomic E-state index is 12.5. The number of carbonyl (C=O) groups is 4. The second-order valence-electron chi connectivity index (χ2n) is 7.19. The normalized spacial score (nSPS) is 22.0. The Morgan fingerprint density at radius 2 is 1.75 bits per heavy atom. The molecular weight excluding hydrogens is 360 g/mol. The fraction of sp³-hybridized carbons (Fsp3) is 0.429. The highest BCUT2D eigenvalue weighted by Gasteiger charge is 2.50. The molecule has 1 fully saturated rings. The highest BCUT2D eigenvalue weighted by molar-refractivity contribution is 6.08. The third-order valence-electron chi connectivity index (χ3n) is 5.35. The van der Waals surface area contributed by atoms with Gasteiger partial charge in [-0.2, -0.15) is 0 Å². The molecule has 3 atom stereocenters. The van der Waals surface area contributed by atoms with Gasteiger partial charge in [0.15, 0.2) is 6.61 Å². The lowest BCUT2D eigenvalue weighted by Gasteiger charge is -2.21. The predicted octanol–water partition coefficient (Wildman–Crippen LogP) is 1.49. The van der Waals surface area contributed by atoms with Crippen LogP contribution in [0.15, 0.2) is 36.4 Å². The van der Waals surface area contributed by atoms with Crippen molar-refractivity contribution >= 4 is 23.7 Å². The van der Waals surface area contributed by atoms with Crippen LogP contribution in [0.25, 0.3) is 0 Å². The van der Waals surface area contributed by atoms with E-state index in [1.807, 2.05) is 43.3 Å². The van der Waals surface area contributed by atoms with Crippen molar-refractivity contribution < 1.29 is 23.9 Å². The van der Waals surface area contributed by atoms with Gasteiger partial charge in [-0.25, -0.2) is 4.79 Å². The summed E-state index contributed by atoms with van der Waals surface area (Å²) in [6, 6.07) is 6.60. The number of ether oxygens (including phenoxy) is 1. The van der Waals surface area contributed by atoms with Crippen molar-refractivity contribution in [1.82, 2.24) is 10.2 Å². The van der Waals surface area contributed by atoms with Crippen molar-refractivity contribution in [1.29, 1.82) is 0 Å². The molecule has 0 spiro atoms. The van der Waals surface area contributed by atoms with Gasteiger partial charge in [0.2, 0.25) is 11.8 Å². The Morgan fingerprint density at radius 3 is 2.36 bits per heavy atom. The Morgan fingerprint density at radius 1 is 1.14 bits per heavy atom. The highest BCUT2D eigenvalue weighted by atomic mass is 16.5. The summed E-state index contributed by atoms with van der Waals surface area (Å²) in [6.07, 6.45) is 4.79. The topological polar surface area (TPSA) is 92.8 Å². The van der Waals surface area contributed by atoms with Crippen LogP contribution in [0.2, 0.25) is 0 Å². The van der Waals surface area contributed by atoms with Crippen LogP contribution in [0.1, 0.15) is 30.9 Å². The number of amides is 3.